The zero-order chi connectivity index (χ0) is 20.2. The summed E-state index contributed by atoms with van der Waals surface area (Å²) < 4.78 is 5.57. The van der Waals surface area contributed by atoms with E-state index in [2.05, 4.69) is 29.6 Å². The number of benzene rings is 2. The zero-order valence-corrected chi connectivity index (χ0v) is 16.2. The van der Waals surface area contributed by atoms with Crippen LogP contribution in [-0.2, 0) is 9.53 Å². The van der Waals surface area contributed by atoms with Crippen LogP contribution in [0, 0.1) is 5.92 Å². The lowest BCUT2D eigenvalue weighted by Gasteiger charge is -2.24. The molecule has 29 heavy (non-hydrogen) atoms. The topological polar surface area (TPSA) is 75.6 Å². The van der Waals surface area contributed by atoms with Crippen molar-refractivity contribution in [3.05, 3.63) is 71.8 Å². The molecular formula is C24H25NO4. The molecule has 2 atom stereocenters. The fraction of sp³-hybridized carbons (Fsp3) is 0.333. The molecule has 2 aliphatic carbocycles. The Morgan fingerprint density at radius 2 is 1.66 bits per heavy atom. The van der Waals surface area contributed by atoms with Gasteiger partial charge in [0, 0.05) is 5.92 Å². The summed E-state index contributed by atoms with van der Waals surface area (Å²) >= 11 is 0. The molecule has 2 aromatic carbocycles. The molecular weight excluding hydrogens is 366 g/mol. The van der Waals surface area contributed by atoms with E-state index in [1.165, 1.54) is 11.1 Å². The molecule has 0 bridgehead atoms. The van der Waals surface area contributed by atoms with E-state index in [9.17, 15) is 14.7 Å². The third kappa shape index (κ3) is 4.04. The van der Waals surface area contributed by atoms with Gasteiger partial charge < -0.3 is 15.2 Å². The number of nitrogens with one attached hydrogen (secondary N) is 1. The Balaban J connectivity index is 1.46. The highest BCUT2D eigenvalue weighted by atomic mass is 16.5. The van der Waals surface area contributed by atoms with Gasteiger partial charge in [-0.2, -0.15) is 0 Å². The second-order valence-corrected chi connectivity index (χ2v) is 7.65. The predicted octanol–water partition coefficient (Wildman–Crippen LogP) is 4.72. The number of carbonyl (C=O) groups excluding carboxylic acids is 1. The molecule has 0 saturated carbocycles. The van der Waals surface area contributed by atoms with Crippen LogP contribution in [0.1, 0.15) is 42.7 Å². The van der Waals surface area contributed by atoms with Crippen molar-refractivity contribution in [1.82, 2.24) is 5.32 Å². The number of aliphatic carboxylic acids is 1. The minimum absolute atomic E-state index is 0.0173. The van der Waals surface area contributed by atoms with E-state index in [1.807, 2.05) is 30.3 Å². The zero-order valence-electron chi connectivity index (χ0n) is 16.2. The lowest BCUT2D eigenvalue weighted by atomic mass is 9.90. The number of carboxylic acids is 1. The maximum Gasteiger partial charge on any atom is 0.407 e. The summed E-state index contributed by atoms with van der Waals surface area (Å²) in [4.78, 5) is 24.1. The highest BCUT2D eigenvalue weighted by Gasteiger charge is 2.31. The Labute approximate surface area is 170 Å². The van der Waals surface area contributed by atoms with Gasteiger partial charge in [-0.05, 0) is 41.5 Å². The monoisotopic (exact) mass is 391 g/mol. The number of ether oxygens (including phenoxy) is 1. The van der Waals surface area contributed by atoms with Crippen LogP contribution in [-0.4, -0.2) is 29.8 Å². The van der Waals surface area contributed by atoms with Crippen molar-refractivity contribution < 1.29 is 19.4 Å². The van der Waals surface area contributed by atoms with E-state index in [4.69, 9.17) is 4.74 Å². The molecule has 0 unspecified atom stereocenters. The molecule has 0 spiro atoms. The van der Waals surface area contributed by atoms with Crippen molar-refractivity contribution in [2.75, 3.05) is 6.61 Å². The first kappa shape index (κ1) is 19.2. The van der Waals surface area contributed by atoms with Crippen LogP contribution in [0.15, 0.2) is 60.7 Å². The molecule has 1 amide bonds. The van der Waals surface area contributed by atoms with E-state index in [-0.39, 0.29) is 12.5 Å². The van der Waals surface area contributed by atoms with Crippen molar-refractivity contribution in [2.45, 2.75) is 37.6 Å². The van der Waals surface area contributed by atoms with Crippen molar-refractivity contribution in [3.8, 4) is 11.1 Å². The number of hydrogen-bond donors (Lipinski definition) is 2. The average molecular weight is 391 g/mol. The average Bonchev–Trinajstić information content (AvgIpc) is 3.02. The van der Waals surface area contributed by atoms with Crippen molar-refractivity contribution >= 4 is 12.1 Å². The van der Waals surface area contributed by atoms with Gasteiger partial charge in [0.25, 0.3) is 0 Å². The van der Waals surface area contributed by atoms with Gasteiger partial charge in [0.05, 0.1) is 12.0 Å². The lowest BCUT2D eigenvalue weighted by molar-refractivity contribution is -0.142. The van der Waals surface area contributed by atoms with Gasteiger partial charge in [-0.3, -0.25) is 4.79 Å². The molecule has 0 saturated heterocycles. The van der Waals surface area contributed by atoms with Crippen LogP contribution >= 0.6 is 0 Å². The normalized spacial score (nSPS) is 21.9. The largest absolute Gasteiger partial charge is 0.481 e. The first-order valence-electron chi connectivity index (χ1n) is 10.2. The fourth-order valence-electron chi connectivity index (χ4n) is 4.38. The molecule has 2 N–H and O–H groups in total. The number of carboxylic acid groups (broad SMARTS) is 1. The summed E-state index contributed by atoms with van der Waals surface area (Å²) in [5.41, 5.74) is 4.64. The number of hydrogen-bond acceptors (Lipinski definition) is 3. The minimum Gasteiger partial charge on any atom is -0.481 e. The van der Waals surface area contributed by atoms with Gasteiger partial charge in [-0.1, -0.05) is 67.1 Å². The predicted molar refractivity (Wildman–Crippen MR) is 111 cm³/mol. The summed E-state index contributed by atoms with van der Waals surface area (Å²) in [6.07, 6.45) is 6.42. The Morgan fingerprint density at radius 3 is 2.31 bits per heavy atom. The van der Waals surface area contributed by atoms with Gasteiger partial charge in [0.2, 0.25) is 0 Å². The van der Waals surface area contributed by atoms with E-state index in [0.29, 0.717) is 6.42 Å². The first-order chi connectivity index (χ1) is 14.1. The number of rotatable bonds is 4. The number of amides is 1. The minimum atomic E-state index is -0.888. The molecule has 0 heterocycles. The summed E-state index contributed by atoms with van der Waals surface area (Å²) in [7, 11) is 0. The molecule has 0 aliphatic heterocycles. The Hall–Kier alpha value is -3.08. The lowest BCUT2D eigenvalue weighted by Crippen LogP contribution is -2.43. The van der Waals surface area contributed by atoms with Crippen molar-refractivity contribution in [1.29, 1.82) is 0 Å². The molecule has 150 valence electrons. The molecule has 4 rings (SSSR count). The Kier molecular flexibility index (Phi) is 5.65. The van der Waals surface area contributed by atoms with Gasteiger partial charge in [-0.25, -0.2) is 4.79 Å². The second-order valence-electron chi connectivity index (χ2n) is 7.65. The SMILES string of the molecule is O=C(N[C@H]1/C=C\CCCC[C@H]1C(=O)O)OCC1c2ccccc2-c2ccccc21. The maximum absolute atomic E-state index is 12.5. The maximum atomic E-state index is 12.5. The van der Waals surface area contributed by atoms with Crippen LogP contribution in [0.25, 0.3) is 11.1 Å². The molecule has 0 aromatic heterocycles. The van der Waals surface area contributed by atoms with Crippen LogP contribution in [0.2, 0.25) is 0 Å². The smallest absolute Gasteiger partial charge is 0.407 e. The van der Waals surface area contributed by atoms with Crippen LogP contribution in [0.5, 0.6) is 0 Å². The summed E-state index contributed by atoms with van der Waals surface area (Å²) in [6.45, 7) is 0.216. The van der Waals surface area contributed by atoms with Gasteiger partial charge >= 0.3 is 12.1 Å². The van der Waals surface area contributed by atoms with E-state index in [1.54, 1.807) is 6.08 Å². The Bertz CT molecular complexity index is 890. The second kappa shape index (κ2) is 8.52. The highest BCUT2D eigenvalue weighted by Crippen LogP contribution is 2.44. The van der Waals surface area contributed by atoms with E-state index < -0.39 is 24.0 Å². The van der Waals surface area contributed by atoms with Gasteiger partial charge in [0.1, 0.15) is 6.61 Å². The van der Waals surface area contributed by atoms with Crippen LogP contribution in [0.4, 0.5) is 4.79 Å². The van der Waals surface area contributed by atoms with Gasteiger partial charge in [0.15, 0.2) is 0 Å². The third-order valence-electron chi connectivity index (χ3n) is 5.86. The summed E-state index contributed by atoms with van der Waals surface area (Å²) in [5.74, 6) is -1.54. The molecule has 0 fully saturated rings. The molecule has 5 heteroatoms. The van der Waals surface area contributed by atoms with Gasteiger partial charge in [-0.15, -0.1) is 0 Å². The molecule has 2 aliphatic rings. The Morgan fingerprint density at radius 1 is 1.00 bits per heavy atom. The number of fused-ring (bicyclic) bond motifs is 3. The van der Waals surface area contributed by atoms with E-state index in [0.717, 1.165) is 30.4 Å². The molecule has 0 radical (unpaired) electrons. The summed E-state index contributed by atoms with van der Waals surface area (Å²) in [5, 5.41) is 12.3. The first-order valence-corrected chi connectivity index (χ1v) is 10.2. The van der Waals surface area contributed by atoms with Crippen molar-refractivity contribution in [2.24, 2.45) is 5.92 Å². The van der Waals surface area contributed by atoms with Crippen LogP contribution < -0.4 is 5.32 Å². The molecule has 5 nitrogen and oxygen atoms in total. The quantitative estimate of drug-likeness (QED) is 0.739. The fourth-order valence-corrected chi connectivity index (χ4v) is 4.38. The van der Waals surface area contributed by atoms with Crippen molar-refractivity contribution in [3.63, 3.8) is 0 Å². The third-order valence-corrected chi connectivity index (χ3v) is 5.86. The number of alkyl carbamates (subject to hydrolysis) is 1. The highest BCUT2D eigenvalue weighted by molar-refractivity contribution is 5.79. The standard InChI is InChI=1S/C24H25NO4/c26-23(27)20-13-3-1-2-4-14-22(20)25-24(28)29-15-21-18-11-7-5-9-16(18)17-10-6-8-12-19(17)21/h4-12,14,20-22H,1-3,13,15H2,(H,25,28)(H,26,27)/b14-4-/t20-,22+/m1/s1. The van der Waals surface area contributed by atoms with Crippen LogP contribution in [0.3, 0.4) is 0 Å². The number of carbonyl (C=O) groups is 2. The molecule has 2 aromatic rings. The summed E-state index contributed by atoms with van der Waals surface area (Å²) in [6, 6.07) is 15.8. The number of allylic oxidation sites excluding steroid dienone is 1. The van der Waals surface area contributed by atoms with E-state index >= 15 is 0 Å².